The minimum Gasteiger partial charge on any atom is -0.349 e. The van der Waals surface area contributed by atoms with E-state index >= 15 is 0 Å². The van der Waals surface area contributed by atoms with Gasteiger partial charge < -0.3 is 10.6 Å². The zero-order valence-corrected chi connectivity index (χ0v) is 10.8. The molecule has 2 heterocycles. The van der Waals surface area contributed by atoms with Gasteiger partial charge >= 0.3 is 0 Å². The maximum Gasteiger partial charge on any atom is 0.275 e. The second kappa shape index (κ2) is 5.91. The fourth-order valence-corrected chi connectivity index (χ4v) is 1.39. The topological polar surface area (TPSA) is 136 Å². The van der Waals surface area contributed by atoms with Crippen molar-refractivity contribution in [2.75, 3.05) is 13.1 Å². The van der Waals surface area contributed by atoms with Crippen molar-refractivity contribution < 1.29 is 18.8 Å². The molecule has 20 heavy (non-hydrogen) atoms. The number of carbonyl (C=O) groups is 2. The van der Waals surface area contributed by atoms with E-state index in [0.29, 0.717) is 11.4 Å². The smallest absolute Gasteiger partial charge is 0.275 e. The molecule has 10 heteroatoms. The first kappa shape index (κ1) is 13.6. The zero-order chi connectivity index (χ0) is 14.5. The first-order chi connectivity index (χ1) is 9.59. The summed E-state index contributed by atoms with van der Waals surface area (Å²) in [5.41, 5.74) is 1.03. The first-order valence-electron chi connectivity index (χ1n) is 5.74. The van der Waals surface area contributed by atoms with Crippen LogP contribution < -0.4 is 10.6 Å². The van der Waals surface area contributed by atoms with Gasteiger partial charge in [-0.2, -0.15) is 0 Å². The Morgan fingerprint density at radius 1 is 0.850 bits per heavy atom. The Labute approximate surface area is 112 Å². The van der Waals surface area contributed by atoms with Crippen LogP contribution in [-0.2, 0) is 0 Å². The quantitative estimate of drug-likeness (QED) is 0.681. The molecule has 0 aromatic carbocycles. The van der Waals surface area contributed by atoms with Gasteiger partial charge in [-0.15, -0.1) is 0 Å². The molecule has 0 aliphatic heterocycles. The fourth-order valence-electron chi connectivity index (χ4n) is 1.39. The van der Waals surface area contributed by atoms with Gasteiger partial charge in [0.1, 0.15) is 11.4 Å². The minimum atomic E-state index is -0.419. The molecule has 2 amide bonds. The number of aromatic nitrogens is 4. The van der Waals surface area contributed by atoms with Gasteiger partial charge in [0.25, 0.3) is 11.8 Å². The molecule has 0 unspecified atom stereocenters. The maximum absolute atomic E-state index is 11.6. The van der Waals surface area contributed by atoms with E-state index in [1.54, 1.807) is 13.8 Å². The monoisotopic (exact) mass is 280 g/mol. The van der Waals surface area contributed by atoms with Gasteiger partial charge in [0, 0.05) is 13.1 Å². The van der Waals surface area contributed by atoms with Crippen molar-refractivity contribution in [3.8, 4) is 0 Å². The molecule has 2 N–H and O–H groups in total. The van der Waals surface area contributed by atoms with Crippen LogP contribution in [0.2, 0.25) is 0 Å². The van der Waals surface area contributed by atoms with Crippen LogP contribution in [0.4, 0.5) is 0 Å². The van der Waals surface area contributed by atoms with E-state index in [1.165, 1.54) is 0 Å². The highest BCUT2D eigenvalue weighted by Gasteiger charge is 2.16. The van der Waals surface area contributed by atoms with Crippen molar-refractivity contribution in [3.05, 3.63) is 22.8 Å². The van der Waals surface area contributed by atoms with E-state index in [2.05, 4.69) is 40.5 Å². The number of nitrogens with one attached hydrogen (secondary N) is 2. The summed E-state index contributed by atoms with van der Waals surface area (Å²) in [5.74, 6) is -0.838. The van der Waals surface area contributed by atoms with Crippen LogP contribution in [-0.4, -0.2) is 45.5 Å². The van der Waals surface area contributed by atoms with Crippen LogP contribution in [0.1, 0.15) is 32.4 Å². The molecule has 2 aromatic rings. The lowest BCUT2D eigenvalue weighted by molar-refractivity contribution is 0.0917. The van der Waals surface area contributed by atoms with Crippen LogP contribution in [0, 0.1) is 13.8 Å². The summed E-state index contributed by atoms with van der Waals surface area (Å²) in [6.45, 7) is 3.66. The van der Waals surface area contributed by atoms with Crippen LogP contribution in [0.5, 0.6) is 0 Å². The Bertz CT molecular complexity index is 565. The van der Waals surface area contributed by atoms with E-state index in [0.717, 1.165) is 0 Å². The zero-order valence-electron chi connectivity index (χ0n) is 10.8. The average molecular weight is 280 g/mol. The molecule has 0 aliphatic rings. The lowest BCUT2D eigenvalue weighted by Crippen LogP contribution is -2.35. The maximum atomic E-state index is 11.6. The molecular weight excluding hydrogens is 268 g/mol. The lowest BCUT2D eigenvalue weighted by atomic mass is 10.3. The second-order valence-electron chi connectivity index (χ2n) is 3.91. The number of amides is 2. The molecule has 0 fully saturated rings. The van der Waals surface area contributed by atoms with Gasteiger partial charge in [0.15, 0.2) is 11.4 Å². The molecule has 0 bridgehead atoms. The second-order valence-corrected chi connectivity index (χ2v) is 3.91. The molecule has 0 atom stereocenters. The average Bonchev–Trinajstić information content (AvgIpc) is 3.02. The number of carbonyl (C=O) groups excluding carboxylic acids is 2. The Kier molecular flexibility index (Phi) is 4.03. The fraction of sp³-hybridized carbons (Fsp3) is 0.400. The van der Waals surface area contributed by atoms with Gasteiger partial charge in [0.05, 0.1) is 0 Å². The molecule has 106 valence electrons. The SMILES string of the molecule is Cc1nonc1C(=O)NCCNC(=O)c1nonc1C. The Balaban J connectivity index is 1.75. The van der Waals surface area contributed by atoms with E-state index < -0.39 is 11.8 Å². The van der Waals surface area contributed by atoms with Gasteiger partial charge in [-0.3, -0.25) is 9.59 Å². The molecule has 0 saturated carbocycles. The third-order valence-corrected chi connectivity index (χ3v) is 2.43. The lowest BCUT2D eigenvalue weighted by Gasteiger charge is -2.04. The molecule has 10 nitrogen and oxygen atoms in total. The van der Waals surface area contributed by atoms with Crippen molar-refractivity contribution in [3.63, 3.8) is 0 Å². The first-order valence-corrected chi connectivity index (χ1v) is 5.74. The van der Waals surface area contributed by atoms with Gasteiger partial charge in [-0.25, -0.2) is 9.26 Å². The summed E-state index contributed by atoms with van der Waals surface area (Å²) < 4.78 is 8.83. The molecule has 0 saturated heterocycles. The number of rotatable bonds is 5. The minimum absolute atomic E-state index is 0.118. The molecule has 0 spiro atoms. The number of hydrogen-bond acceptors (Lipinski definition) is 8. The van der Waals surface area contributed by atoms with Crippen molar-refractivity contribution in [2.45, 2.75) is 13.8 Å². The number of hydrogen-bond donors (Lipinski definition) is 2. The Hall–Kier alpha value is -2.78. The third kappa shape index (κ3) is 2.96. The van der Waals surface area contributed by atoms with Crippen molar-refractivity contribution >= 4 is 11.8 Å². The van der Waals surface area contributed by atoms with Crippen molar-refractivity contribution in [1.29, 1.82) is 0 Å². The predicted octanol–water partition coefficient (Wildman–Crippen LogP) is -0.771. The molecular formula is C10H12N6O4. The van der Waals surface area contributed by atoms with Crippen LogP contribution >= 0.6 is 0 Å². The van der Waals surface area contributed by atoms with E-state index in [1.807, 2.05) is 0 Å². The highest BCUT2D eigenvalue weighted by atomic mass is 16.6. The molecule has 2 rings (SSSR count). The van der Waals surface area contributed by atoms with E-state index in [9.17, 15) is 9.59 Å². The largest absolute Gasteiger partial charge is 0.349 e. The summed E-state index contributed by atoms with van der Waals surface area (Å²) in [6.07, 6.45) is 0. The summed E-state index contributed by atoms with van der Waals surface area (Å²) in [6, 6.07) is 0. The number of aryl methyl sites for hydroxylation is 2. The summed E-state index contributed by atoms with van der Waals surface area (Å²) in [4.78, 5) is 23.3. The van der Waals surface area contributed by atoms with Crippen LogP contribution in [0.3, 0.4) is 0 Å². The summed E-state index contributed by atoms with van der Waals surface area (Å²) in [7, 11) is 0. The van der Waals surface area contributed by atoms with Gasteiger partial charge in [-0.05, 0) is 24.2 Å². The van der Waals surface area contributed by atoms with Crippen molar-refractivity contribution in [1.82, 2.24) is 31.3 Å². The summed E-state index contributed by atoms with van der Waals surface area (Å²) in [5, 5.41) is 19.1. The molecule has 0 aliphatic carbocycles. The van der Waals surface area contributed by atoms with Gasteiger partial charge in [0.2, 0.25) is 0 Å². The van der Waals surface area contributed by atoms with E-state index in [-0.39, 0.29) is 24.5 Å². The van der Waals surface area contributed by atoms with Crippen LogP contribution in [0.15, 0.2) is 9.26 Å². The Morgan fingerprint density at radius 3 is 1.55 bits per heavy atom. The van der Waals surface area contributed by atoms with E-state index in [4.69, 9.17) is 0 Å². The van der Waals surface area contributed by atoms with Gasteiger partial charge in [-0.1, -0.05) is 10.3 Å². The summed E-state index contributed by atoms with van der Waals surface area (Å²) >= 11 is 0. The third-order valence-electron chi connectivity index (χ3n) is 2.43. The normalized spacial score (nSPS) is 10.3. The highest BCUT2D eigenvalue weighted by molar-refractivity contribution is 5.94. The predicted molar refractivity (Wildman–Crippen MR) is 62.7 cm³/mol. The standard InChI is InChI=1S/C10H12N6O4/c1-5-7(15-19-13-5)9(17)11-3-4-12-10(18)8-6(2)14-20-16-8/h3-4H2,1-2H3,(H,11,17)(H,12,18). The number of nitrogens with zero attached hydrogens (tertiary/aromatic N) is 4. The Morgan fingerprint density at radius 2 is 1.25 bits per heavy atom. The molecule has 2 aromatic heterocycles. The van der Waals surface area contributed by atoms with Crippen LogP contribution in [0.25, 0.3) is 0 Å². The molecule has 0 radical (unpaired) electrons. The van der Waals surface area contributed by atoms with Crippen molar-refractivity contribution in [2.24, 2.45) is 0 Å². The highest BCUT2D eigenvalue weighted by Crippen LogP contribution is 2.00.